The van der Waals surface area contributed by atoms with Crippen LogP contribution >= 0.6 is 0 Å². The minimum Gasteiger partial charge on any atom is -0.466 e. The third-order valence-electron chi connectivity index (χ3n) is 2.15. The highest BCUT2D eigenvalue weighted by Gasteiger charge is 1.96. The molecule has 0 aromatic rings. The van der Waals surface area contributed by atoms with Crippen molar-refractivity contribution in [2.75, 3.05) is 6.61 Å². The Morgan fingerprint density at radius 2 is 1.48 bits per heavy atom. The largest absolute Gasteiger partial charge is 0.466 e. The molecule has 0 spiro atoms. The molecule has 0 heterocycles. The molecule has 0 amide bonds. The zero-order chi connectivity index (χ0) is 16.2. The van der Waals surface area contributed by atoms with Crippen LogP contribution in [-0.4, -0.2) is 18.9 Å². The summed E-state index contributed by atoms with van der Waals surface area (Å²) in [5, 5.41) is 0. The van der Waals surface area contributed by atoms with E-state index in [-0.39, 0.29) is 5.97 Å². The van der Waals surface area contributed by atoms with Crippen LogP contribution in [0.1, 0.15) is 46.5 Å². The molecule has 21 heavy (non-hydrogen) atoms. The first-order valence-electron chi connectivity index (χ1n) is 7.37. The first kappa shape index (κ1) is 21.4. The van der Waals surface area contributed by atoms with Gasteiger partial charge in [0.15, 0.2) is 0 Å². The smallest absolute Gasteiger partial charge is 0.306 e. The van der Waals surface area contributed by atoms with Gasteiger partial charge >= 0.3 is 5.97 Å². The maximum atomic E-state index is 10.8. The second-order valence-corrected chi connectivity index (χ2v) is 4.00. The molecule has 118 valence electrons. The molecule has 0 aromatic heterocycles. The second kappa shape index (κ2) is 20.4. The van der Waals surface area contributed by atoms with Crippen molar-refractivity contribution in [3.8, 4) is 0 Å². The Kier molecular flexibility index (Phi) is 20.8. The lowest BCUT2D eigenvalue weighted by Gasteiger charge is -1.97. The molecule has 0 aliphatic heterocycles. The summed E-state index contributed by atoms with van der Waals surface area (Å²) in [7, 11) is 0. The Hall–Kier alpha value is -1.90. The van der Waals surface area contributed by atoms with Crippen molar-refractivity contribution in [3.63, 3.8) is 0 Å². The number of ether oxygens (including phenoxy) is 1. The van der Waals surface area contributed by atoms with Gasteiger partial charge < -0.3 is 9.53 Å². The summed E-state index contributed by atoms with van der Waals surface area (Å²) < 4.78 is 4.76. The molecule has 0 aliphatic carbocycles. The average Bonchev–Trinajstić information content (AvgIpc) is 2.48. The molecule has 0 rings (SSSR count). The van der Waals surface area contributed by atoms with Crippen LogP contribution in [0.25, 0.3) is 0 Å². The van der Waals surface area contributed by atoms with Gasteiger partial charge in [0.25, 0.3) is 0 Å². The van der Waals surface area contributed by atoms with Crippen molar-refractivity contribution in [3.05, 3.63) is 48.6 Å². The zero-order valence-electron chi connectivity index (χ0n) is 13.5. The summed E-state index contributed by atoms with van der Waals surface area (Å²) in [5.41, 5.74) is 0. The van der Waals surface area contributed by atoms with Crippen LogP contribution in [-0.2, 0) is 14.3 Å². The topological polar surface area (TPSA) is 43.4 Å². The van der Waals surface area contributed by atoms with Gasteiger partial charge in [0, 0.05) is 12.8 Å². The number of rotatable bonds is 9. The number of esters is 1. The quantitative estimate of drug-likeness (QED) is 0.271. The van der Waals surface area contributed by atoms with Crippen LogP contribution < -0.4 is 0 Å². The highest BCUT2D eigenvalue weighted by atomic mass is 16.5. The Morgan fingerprint density at radius 1 is 0.905 bits per heavy atom. The number of hydrogen-bond donors (Lipinski definition) is 0. The minimum absolute atomic E-state index is 0.123. The highest BCUT2D eigenvalue weighted by Crippen LogP contribution is 1.94. The lowest BCUT2D eigenvalue weighted by molar-refractivity contribution is -0.143. The van der Waals surface area contributed by atoms with E-state index >= 15 is 0 Å². The fourth-order valence-electron chi connectivity index (χ4n) is 1.17. The van der Waals surface area contributed by atoms with Gasteiger partial charge in [-0.15, -0.1) is 0 Å². The first-order chi connectivity index (χ1) is 10.2. The van der Waals surface area contributed by atoms with E-state index in [1.165, 1.54) is 0 Å². The van der Waals surface area contributed by atoms with E-state index in [4.69, 9.17) is 4.74 Å². The van der Waals surface area contributed by atoms with Crippen molar-refractivity contribution >= 4 is 12.3 Å². The maximum absolute atomic E-state index is 10.8. The maximum Gasteiger partial charge on any atom is 0.306 e. The van der Waals surface area contributed by atoms with Gasteiger partial charge in [0.1, 0.15) is 6.29 Å². The van der Waals surface area contributed by atoms with E-state index < -0.39 is 0 Å². The van der Waals surface area contributed by atoms with Crippen LogP contribution in [0.4, 0.5) is 0 Å². The van der Waals surface area contributed by atoms with Gasteiger partial charge in [0.05, 0.1) is 6.61 Å². The number of unbranched alkanes of at least 4 members (excludes halogenated alkanes) is 1. The van der Waals surface area contributed by atoms with E-state index in [2.05, 4.69) is 0 Å². The van der Waals surface area contributed by atoms with Crippen LogP contribution in [0.5, 0.6) is 0 Å². The summed E-state index contributed by atoms with van der Waals surface area (Å²) in [6, 6.07) is 0. The normalized spacial score (nSPS) is 11.2. The Balaban J connectivity index is 0. The molecule has 3 nitrogen and oxygen atoms in total. The van der Waals surface area contributed by atoms with Crippen molar-refractivity contribution < 1.29 is 14.3 Å². The molecular formula is C18H28O3. The molecular weight excluding hydrogens is 264 g/mol. The zero-order valence-corrected chi connectivity index (χ0v) is 13.5. The summed E-state index contributed by atoms with van der Waals surface area (Å²) >= 11 is 0. The van der Waals surface area contributed by atoms with Crippen molar-refractivity contribution in [1.29, 1.82) is 0 Å². The standard InChI is InChI=1S/C10H16O2.C8H12O/c1-3-5-6-7-8-9-10(11)12-4-2;1-2-3-4-5-6-7-8-9/h3,5-7H,4,8-9H2,1-2H3;2-5,8H,6-7H2,1H3/b5-3+,7-6-;3-2+,5-4-. The van der Waals surface area contributed by atoms with Gasteiger partial charge in [-0.2, -0.15) is 0 Å². The Labute approximate surface area is 129 Å². The van der Waals surface area contributed by atoms with Crippen molar-refractivity contribution in [2.24, 2.45) is 0 Å². The number of carbonyl (C=O) groups excluding carboxylic acids is 2. The van der Waals surface area contributed by atoms with Gasteiger partial charge in [-0.05, 0) is 33.6 Å². The molecule has 0 aromatic carbocycles. The molecule has 0 aliphatic rings. The van der Waals surface area contributed by atoms with Crippen molar-refractivity contribution in [2.45, 2.75) is 46.5 Å². The second-order valence-electron chi connectivity index (χ2n) is 4.00. The molecule has 3 heteroatoms. The highest BCUT2D eigenvalue weighted by molar-refractivity contribution is 5.69. The summed E-state index contributed by atoms with van der Waals surface area (Å²) in [4.78, 5) is 20.6. The van der Waals surface area contributed by atoms with Gasteiger partial charge in [-0.25, -0.2) is 0 Å². The van der Waals surface area contributed by atoms with Crippen LogP contribution in [0.15, 0.2) is 48.6 Å². The molecule has 0 unspecified atom stereocenters. The van der Waals surface area contributed by atoms with Gasteiger partial charge in [0.2, 0.25) is 0 Å². The van der Waals surface area contributed by atoms with Gasteiger partial charge in [-0.3, -0.25) is 4.79 Å². The third kappa shape index (κ3) is 23.6. The first-order valence-corrected chi connectivity index (χ1v) is 7.37. The predicted octanol–water partition coefficient (Wildman–Crippen LogP) is 4.56. The Bertz CT molecular complexity index is 349. The average molecular weight is 292 g/mol. The third-order valence-corrected chi connectivity index (χ3v) is 2.15. The summed E-state index contributed by atoms with van der Waals surface area (Å²) in [6.45, 7) is 6.20. The lowest BCUT2D eigenvalue weighted by atomic mass is 10.3. The van der Waals surface area contributed by atoms with E-state index in [0.717, 1.165) is 19.1 Å². The fourth-order valence-corrected chi connectivity index (χ4v) is 1.17. The Morgan fingerprint density at radius 3 is 1.95 bits per heavy atom. The predicted molar refractivity (Wildman–Crippen MR) is 89.1 cm³/mol. The van der Waals surface area contributed by atoms with Crippen molar-refractivity contribution in [1.82, 2.24) is 0 Å². The van der Waals surface area contributed by atoms with E-state index in [1.54, 1.807) is 0 Å². The number of allylic oxidation sites excluding steroid dienone is 8. The summed E-state index contributed by atoms with van der Waals surface area (Å²) in [6.07, 6.45) is 19.2. The van der Waals surface area contributed by atoms with E-state index in [9.17, 15) is 9.59 Å². The number of carbonyl (C=O) groups is 2. The summed E-state index contributed by atoms with van der Waals surface area (Å²) in [5.74, 6) is -0.123. The molecule has 0 atom stereocenters. The van der Waals surface area contributed by atoms with Gasteiger partial charge in [-0.1, -0.05) is 48.6 Å². The van der Waals surface area contributed by atoms with Crippen LogP contribution in [0.2, 0.25) is 0 Å². The van der Waals surface area contributed by atoms with E-state index in [1.807, 2.05) is 69.4 Å². The number of aldehydes is 1. The van der Waals surface area contributed by atoms with E-state index in [0.29, 0.717) is 19.4 Å². The monoisotopic (exact) mass is 292 g/mol. The molecule has 0 fully saturated rings. The number of hydrogen-bond acceptors (Lipinski definition) is 3. The lowest BCUT2D eigenvalue weighted by Crippen LogP contribution is -2.02. The fraction of sp³-hybridized carbons (Fsp3) is 0.444. The SMILES string of the molecule is C/C=C/C=C\CCC(=O)OCC.C/C=C/C=C\CCC=O. The van der Waals surface area contributed by atoms with Crippen LogP contribution in [0, 0.1) is 0 Å². The minimum atomic E-state index is -0.123. The molecule has 0 saturated carbocycles. The molecule has 0 N–H and O–H groups in total. The molecule has 0 bridgehead atoms. The molecule has 0 saturated heterocycles. The molecule has 0 radical (unpaired) electrons. The van der Waals surface area contributed by atoms with Crippen LogP contribution in [0.3, 0.4) is 0 Å².